The van der Waals surface area contributed by atoms with Gasteiger partial charge in [-0.05, 0) is 127 Å². The summed E-state index contributed by atoms with van der Waals surface area (Å²) in [6, 6.07) is 6.69. The molecule has 394 valence electrons. The number of unbranched alkanes of at least 4 members (excludes halogenated alkanes) is 2. The van der Waals surface area contributed by atoms with E-state index in [4.69, 9.17) is 9.47 Å². The number of carbonyl (C=O) groups is 4. The predicted octanol–water partition coefficient (Wildman–Crippen LogP) is 14.4. The Hall–Kier alpha value is -6.22. The highest BCUT2D eigenvalue weighted by molar-refractivity contribution is 5.88. The highest BCUT2D eigenvalue weighted by atomic mass is 16.5. The van der Waals surface area contributed by atoms with Crippen LogP contribution in [-0.4, -0.2) is 56.0 Å². The highest BCUT2D eigenvalue weighted by Crippen LogP contribution is 2.14. The number of allylic oxidation sites excluding steroid dienone is 24. The molecule has 0 aliphatic carbocycles. The molecule has 0 saturated carbocycles. The first kappa shape index (κ1) is 63.8. The first-order valence-electron chi connectivity index (χ1n) is 26.9. The lowest BCUT2D eigenvalue weighted by atomic mass is 10.0. The van der Waals surface area contributed by atoms with Crippen molar-refractivity contribution in [3.05, 3.63) is 176 Å². The zero-order valence-electron chi connectivity index (χ0n) is 44.4. The van der Waals surface area contributed by atoms with E-state index in [1.807, 2.05) is 36.4 Å². The van der Waals surface area contributed by atoms with Crippen LogP contribution in [0, 0.1) is 0 Å². The fraction of sp³-hybridized carbons (Fsp3) is 0.460. The average Bonchev–Trinajstić information content (AvgIpc) is 3.38. The van der Waals surface area contributed by atoms with Gasteiger partial charge in [-0.25, -0.2) is 0 Å². The SMILES string of the molecule is CC/C=C\C/C=C\C/C=C\C/C=C\C/C=C\C/C=C\CCC(=O)NCCOc1ccc(C[C@H](NC(=O)CC/C=C\C/C=C\C/C=C\C/C=C\C/C=C\C/C=C\CC)C(=O)NCCCCCC(=O)OCC)cc1. The Morgan fingerprint density at radius 1 is 0.458 bits per heavy atom. The summed E-state index contributed by atoms with van der Waals surface area (Å²) in [7, 11) is 0. The number of nitrogens with one attached hydrogen (secondary N) is 3. The van der Waals surface area contributed by atoms with Crippen molar-refractivity contribution in [2.24, 2.45) is 0 Å². The standard InChI is InChI=1S/C63H91N3O6/c1-4-7-9-11-13-15-17-19-21-23-25-27-29-31-33-35-37-39-42-46-60(67)64-54-55-72-58-51-49-57(50-52-58)56-59(63(70)65-53-45-41-44-48-62(69)71-6-3)66-61(68)47-43-40-38-36-34-32-30-28-26-24-22-20-18-16-14-12-10-8-5-2/h7-10,13-16,19-22,25-28,31-34,37-40,49-52,59H,4-6,11-12,17-18,23-24,29-30,35-36,41-48,53-56H2,1-3H3,(H,64,67)(H,65,70)(H,66,68)/b9-7-,10-8-,15-13-,16-14-,21-19-,22-20-,27-25-,28-26-,33-31-,34-32-,39-37-,40-38-/t59-/m0/s1. The second-order valence-corrected chi connectivity index (χ2v) is 17.0. The number of ether oxygens (including phenoxy) is 2. The zero-order chi connectivity index (χ0) is 52.1. The van der Waals surface area contributed by atoms with Crippen LogP contribution in [0.25, 0.3) is 0 Å². The molecule has 0 aromatic heterocycles. The predicted molar refractivity (Wildman–Crippen MR) is 304 cm³/mol. The molecule has 9 heteroatoms. The molecule has 0 aliphatic rings. The molecule has 3 N–H and O–H groups in total. The summed E-state index contributed by atoms with van der Waals surface area (Å²) >= 11 is 0. The van der Waals surface area contributed by atoms with E-state index in [2.05, 4.69) is 163 Å². The van der Waals surface area contributed by atoms with Gasteiger partial charge in [0.05, 0.1) is 13.2 Å². The van der Waals surface area contributed by atoms with E-state index in [-0.39, 0.29) is 30.1 Å². The number of hydrogen-bond acceptors (Lipinski definition) is 6. The number of carbonyl (C=O) groups excluding carboxylic acids is 4. The minimum atomic E-state index is -0.753. The van der Waals surface area contributed by atoms with E-state index in [9.17, 15) is 19.2 Å². The molecule has 3 amide bonds. The molecule has 72 heavy (non-hydrogen) atoms. The Kier molecular flexibility index (Phi) is 44.1. The number of esters is 1. The summed E-state index contributed by atoms with van der Waals surface area (Å²) in [5, 5.41) is 8.84. The van der Waals surface area contributed by atoms with Gasteiger partial charge in [0, 0.05) is 32.2 Å². The molecule has 0 radical (unpaired) electrons. The van der Waals surface area contributed by atoms with Crippen molar-refractivity contribution in [3.63, 3.8) is 0 Å². The fourth-order valence-corrected chi connectivity index (χ4v) is 6.73. The molecule has 0 aliphatic heterocycles. The summed E-state index contributed by atoms with van der Waals surface area (Å²) in [5.41, 5.74) is 0.872. The largest absolute Gasteiger partial charge is 0.492 e. The van der Waals surface area contributed by atoms with Gasteiger partial charge in [0.15, 0.2) is 0 Å². The minimum absolute atomic E-state index is 0.0196. The van der Waals surface area contributed by atoms with Crippen LogP contribution < -0.4 is 20.7 Å². The van der Waals surface area contributed by atoms with E-state index in [1.54, 1.807) is 6.92 Å². The van der Waals surface area contributed by atoms with Crippen LogP contribution in [0.4, 0.5) is 0 Å². The zero-order valence-corrected chi connectivity index (χ0v) is 44.4. The lowest BCUT2D eigenvalue weighted by molar-refractivity contribution is -0.143. The van der Waals surface area contributed by atoms with Crippen LogP contribution in [0.5, 0.6) is 5.75 Å². The van der Waals surface area contributed by atoms with Gasteiger partial charge >= 0.3 is 5.97 Å². The molecule has 1 aromatic carbocycles. The van der Waals surface area contributed by atoms with Crippen LogP contribution in [0.3, 0.4) is 0 Å². The minimum Gasteiger partial charge on any atom is -0.492 e. The summed E-state index contributed by atoms with van der Waals surface area (Å²) in [4.78, 5) is 50.4. The summed E-state index contributed by atoms with van der Waals surface area (Å²) < 4.78 is 10.9. The van der Waals surface area contributed by atoms with Crippen molar-refractivity contribution in [2.45, 2.75) is 162 Å². The number of rotatable bonds is 43. The average molecular weight is 986 g/mol. The molecule has 0 saturated heterocycles. The Balaban J connectivity index is 2.45. The van der Waals surface area contributed by atoms with E-state index < -0.39 is 6.04 Å². The van der Waals surface area contributed by atoms with E-state index in [1.165, 1.54) is 0 Å². The fourth-order valence-electron chi connectivity index (χ4n) is 6.73. The molecule has 0 heterocycles. The number of amides is 3. The van der Waals surface area contributed by atoms with Crippen LogP contribution >= 0.6 is 0 Å². The second-order valence-electron chi connectivity index (χ2n) is 17.0. The van der Waals surface area contributed by atoms with Crippen molar-refractivity contribution in [1.29, 1.82) is 0 Å². The van der Waals surface area contributed by atoms with Crippen LogP contribution in [0.2, 0.25) is 0 Å². The Morgan fingerprint density at radius 2 is 0.875 bits per heavy atom. The van der Waals surface area contributed by atoms with Crippen molar-refractivity contribution < 1.29 is 28.7 Å². The lowest BCUT2D eigenvalue weighted by Crippen LogP contribution is -2.48. The van der Waals surface area contributed by atoms with Gasteiger partial charge in [0.2, 0.25) is 17.7 Å². The number of benzene rings is 1. The third kappa shape index (κ3) is 42.6. The third-order valence-corrected chi connectivity index (χ3v) is 10.6. The van der Waals surface area contributed by atoms with Crippen molar-refractivity contribution in [1.82, 2.24) is 16.0 Å². The maximum absolute atomic E-state index is 13.4. The maximum Gasteiger partial charge on any atom is 0.305 e. The Bertz CT molecular complexity index is 1920. The first-order valence-corrected chi connectivity index (χ1v) is 26.9. The molecule has 1 rings (SSSR count). The summed E-state index contributed by atoms with van der Waals surface area (Å²) in [6.45, 7) is 7.60. The van der Waals surface area contributed by atoms with E-state index in [0.29, 0.717) is 77.0 Å². The molecule has 1 aromatic rings. The van der Waals surface area contributed by atoms with Gasteiger partial charge in [-0.1, -0.05) is 178 Å². The summed E-state index contributed by atoms with van der Waals surface area (Å²) in [5.74, 6) is -0.0213. The molecule has 0 unspecified atom stereocenters. The molecular weight excluding hydrogens is 895 g/mol. The molecule has 0 bridgehead atoms. The molecule has 1 atom stereocenters. The monoisotopic (exact) mass is 986 g/mol. The van der Waals surface area contributed by atoms with Gasteiger partial charge in [0.1, 0.15) is 18.4 Å². The Morgan fingerprint density at radius 3 is 1.31 bits per heavy atom. The van der Waals surface area contributed by atoms with Gasteiger partial charge in [-0.3, -0.25) is 19.2 Å². The Labute approximate surface area is 435 Å². The second kappa shape index (κ2) is 49.7. The molecular formula is C63H91N3O6. The smallest absolute Gasteiger partial charge is 0.305 e. The van der Waals surface area contributed by atoms with Crippen LogP contribution in [0.15, 0.2) is 170 Å². The maximum atomic E-state index is 13.4. The quantitative estimate of drug-likeness (QED) is 0.0340. The highest BCUT2D eigenvalue weighted by Gasteiger charge is 2.21. The van der Waals surface area contributed by atoms with Crippen LogP contribution in [-0.2, 0) is 30.3 Å². The van der Waals surface area contributed by atoms with Crippen LogP contribution in [0.1, 0.15) is 155 Å². The third-order valence-electron chi connectivity index (χ3n) is 10.6. The first-order chi connectivity index (χ1) is 35.4. The normalized spacial score (nSPS) is 13.0. The van der Waals surface area contributed by atoms with Gasteiger partial charge < -0.3 is 25.4 Å². The molecule has 0 spiro atoms. The van der Waals surface area contributed by atoms with Gasteiger partial charge in [-0.15, -0.1) is 0 Å². The van der Waals surface area contributed by atoms with Crippen molar-refractivity contribution >= 4 is 23.7 Å². The molecule has 0 fully saturated rings. The van der Waals surface area contributed by atoms with Gasteiger partial charge in [0.25, 0.3) is 0 Å². The van der Waals surface area contributed by atoms with E-state index in [0.717, 1.165) is 89.0 Å². The lowest BCUT2D eigenvalue weighted by Gasteiger charge is -2.19. The topological polar surface area (TPSA) is 123 Å². The summed E-state index contributed by atoms with van der Waals surface area (Å²) in [6.07, 6.45) is 68.0. The van der Waals surface area contributed by atoms with Gasteiger partial charge in [-0.2, -0.15) is 0 Å². The van der Waals surface area contributed by atoms with Crippen molar-refractivity contribution in [2.75, 3.05) is 26.3 Å². The number of hydrogen-bond donors (Lipinski definition) is 3. The molecule has 9 nitrogen and oxygen atoms in total. The van der Waals surface area contributed by atoms with Crippen molar-refractivity contribution in [3.8, 4) is 5.75 Å². The van der Waals surface area contributed by atoms with E-state index >= 15 is 0 Å².